The molecule has 0 aromatic heterocycles. The third-order valence-corrected chi connectivity index (χ3v) is 4.12. The minimum Gasteiger partial charge on any atom is -0.480 e. The van der Waals surface area contributed by atoms with Crippen molar-refractivity contribution < 1.29 is 14.7 Å². The zero-order valence-corrected chi connectivity index (χ0v) is 11.5. The van der Waals surface area contributed by atoms with Crippen LogP contribution in [0.15, 0.2) is 0 Å². The molecule has 2 saturated heterocycles. The van der Waals surface area contributed by atoms with Gasteiger partial charge in [0.15, 0.2) is 0 Å². The molecule has 0 aromatic carbocycles. The van der Waals surface area contributed by atoms with Crippen LogP contribution < -0.4 is 0 Å². The molecule has 1 atom stereocenters. The van der Waals surface area contributed by atoms with Crippen LogP contribution in [0.1, 0.15) is 26.2 Å². The van der Waals surface area contributed by atoms with E-state index in [1.54, 1.807) is 6.92 Å². The summed E-state index contributed by atoms with van der Waals surface area (Å²) >= 11 is 0. The molecule has 0 aliphatic carbocycles. The molecule has 19 heavy (non-hydrogen) atoms. The Kier molecular flexibility index (Phi) is 4.63. The molecule has 1 N–H and O–H groups in total. The highest BCUT2D eigenvalue weighted by molar-refractivity contribution is 5.75. The molecule has 2 rings (SSSR count). The highest BCUT2D eigenvalue weighted by Gasteiger charge is 2.29. The number of nitrogens with zero attached hydrogens (tertiary/aromatic N) is 3. The van der Waals surface area contributed by atoms with Crippen LogP contribution in [0.25, 0.3) is 0 Å². The van der Waals surface area contributed by atoms with Crippen LogP contribution in [0.3, 0.4) is 0 Å². The summed E-state index contributed by atoms with van der Waals surface area (Å²) < 4.78 is 0. The van der Waals surface area contributed by atoms with Gasteiger partial charge in [-0.1, -0.05) is 0 Å². The van der Waals surface area contributed by atoms with Crippen molar-refractivity contribution in [3.63, 3.8) is 0 Å². The standard InChI is InChI=1S/C13H23N3O3/c1-11(12(17)18)14-7-9-16(10-8-14)13(19)15-5-3-2-4-6-15/h11H,2-10H2,1H3,(H,17,18). The van der Waals surface area contributed by atoms with Crippen molar-refractivity contribution in [1.82, 2.24) is 14.7 Å². The second-order valence-electron chi connectivity index (χ2n) is 5.37. The number of likely N-dealkylation sites (tertiary alicyclic amines) is 1. The fraction of sp³-hybridized carbons (Fsp3) is 0.846. The van der Waals surface area contributed by atoms with Crippen molar-refractivity contribution in [2.45, 2.75) is 32.2 Å². The van der Waals surface area contributed by atoms with Crippen molar-refractivity contribution in [2.24, 2.45) is 0 Å². The first-order valence-electron chi connectivity index (χ1n) is 7.10. The molecule has 2 heterocycles. The largest absolute Gasteiger partial charge is 0.480 e. The van der Waals surface area contributed by atoms with E-state index in [-0.39, 0.29) is 6.03 Å². The van der Waals surface area contributed by atoms with Crippen molar-refractivity contribution in [1.29, 1.82) is 0 Å². The fourth-order valence-electron chi connectivity index (χ4n) is 2.74. The lowest BCUT2D eigenvalue weighted by Crippen LogP contribution is -2.56. The van der Waals surface area contributed by atoms with E-state index in [0.29, 0.717) is 26.2 Å². The number of hydrogen-bond donors (Lipinski definition) is 1. The number of carboxylic acids is 1. The van der Waals surface area contributed by atoms with Crippen LogP contribution >= 0.6 is 0 Å². The predicted molar refractivity (Wildman–Crippen MR) is 71.1 cm³/mol. The molecule has 2 amide bonds. The van der Waals surface area contributed by atoms with Gasteiger partial charge in [-0.25, -0.2) is 4.79 Å². The molecule has 2 aliphatic rings. The molecule has 0 bridgehead atoms. The highest BCUT2D eigenvalue weighted by atomic mass is 16.4. The average Bonchev–Trinajstić information content (AvgIpc) is 2.46. The van der Waals surface area contributed by atoms with Gasteiger partial charge in [0, 0.05) is 39.3 Å². The van der Waals surface area contributed by atoms with E-state index >= 15 is 0 Å². The monoisotopic (exact) mass is 269 g/mol. The lowest BCUT2D eigenvalue weighted by atomic mass is 10.1. The Bertz CT molecular complexity index is 334. The van der Waals surface area contributed by atoms with Crippen LogP contribution in [-0.2, 0) is 4.79 Å². The summed E-state index contributed by atoms with van der Waals surface area (Å²) in [6, 6.07) is -0.338. The molecule has 0 aromatic rings. The molecule has 2 aliphatic heterocycles. The van der Waals surface area contributed by atoms with E-state index in [2.05, 4.69) is 0 Å². The normalized spacial score (nSPS) is 23.2. The first-order chi connectivity index (χ1) is 9.09. The Morgan fingerprint density at radius 2 is 1.42 bits per heavy atom. The van der Waals surface area contributed by atoms with Gasteiger partial charge in [-0.2, -0.15) is 0 Å². The Hall–Kier alpha value is -1.30. The molecule has 6 nitrogen and oxygen atoms in total. The molecule has 0 saturated carbocycles. The third kappa shape index (κ3) is 3.37. The molecule has 2 fully saturated rings. The maximum Gasteiger partial charge on any atom is 0.320 e. The maximum absolute atomic E-state index is 12.3. The van der Waals surface area contributed by atoms with Gasteiger partial charge in [0.25, 0.3) is 0 Å². The van der Waals surface area contributed by atoms with Gasteiger partial charge in [-0.3, -0.25) is 9.69 Å². The summed E-state index contributed by atoms with van der Waals surface area (Å²) in [6.07, 6.45) is 3.41. The number of piperazine rings is 1. The highest BCUT2D eigenvalue weighted by Crippen LogP contribution is 2.13. The Morgan fingerprint density at radius 3 is 1.95 bits per heavy atom. The second-order valence-corrected chi connectivity index (χ2v) is 5.37. The molecular weight excluding hydrogens is 246 g/mol. The first-order valence-corrected chi connectivity index (χ1v) is 7.10. The lowest BCUT2D eigenvalue weighted by Gasteiger charge is -2.39. The summed E-state index contributed by atoms with van der Waals surface area (Å²) in [5, 5.41) is 8.98. The van der Waals surface area contributed by atoms with E-state index in [9.17, 15) is 9.59 Å². The first kappa shape index (κ1) is 14.1. The number of carboxylic acid groups (broad SMARTS) is 1. The number of carbonyl (C=O) groups excluding carboxylic acids is 1. The zero-order chi connectivity index (χ0) is 13.8. The molecule has 108 valence electrons. The Labute approximate surface area is 114 Å². The van der Waals surface area contributed by atoms with E-state index in [1.807, 2.05) is 14.7 Å². The molecule has 0 spiro atoms. The van der Waals surface area contributed by atoms with Crippen molar-refractivity contribution in [3.8, 4) is 0 Å². The second kappa shape index (κ2) is 6.23. The number of rotatable bonds is 2. The quantitative estimate of drug-likeness (QED) is 0.801. The van der Waals surface area contributed by atoms with E-state index in [0.717, 1.165) is 25.9 Å². The fourth-order valence-corrected chi connectivity index (χ4v) is 2.74. The number of urea groups is 1. The SMILES string of the molecule is CC(C(=O)O)N1CCN(C(=O)N2CCCCC2)CC1. The van der Waals surface area contributed by atoms with Crippen LogP contribution in [-0.4, -0.2) is 77.1 Å². The number of hydrogen-bond acceptors (Lipinski definition) is 3. The van der Waals surface area contributed by atoms with Crippen molar-refractivity contribution >= 4 is 12.0 Å². The number of piperidine rings is 1. The topological polar surface area (TPSA) is 64.1 Å². The number of carbonyl (C=O) groups is 2. The minimum atomic E-state index is -0.796. The van der Waals surface area contributed by atoms with E-state index < -0.39 is 12.0 Å². The number of aliphatic carboxylic acids is 1. The van der Waals surface area contributed by atoms with Gasteiger partial charge < -0.3 is 14.9 Å². The minimum absolute atomic E-state index is 0.127. The Balaban J connectivity index is 1.82. The van der Waals surface area contributed by atoms with Gasteiger partial charge in [-0.15, -0.1) is 0 Å². The van der Waals surface area contributed by atoms with Crippen LogP contribution in [0.2, 0.25) is 0 Å². The molecule has 1 unspecified atom stereocenters. The smallest absolute Gasteiger partial charge is 0.320 e. The summed E-state index contributed by atoms with van der Waals surface area (Å²) in [5.74, 6) is -0.796. The van der Waals surface area contributed by atoms with E-state index in [4.69, 9.17) is 5.11 Å². The Morgan fingerprint density at radius 1 is 0.895 bits per heavy atom. The maximum atomic E-state index is 12.3. The molecule has 6 heteroatoms. The summed E-state index contributed by atoms with van der Waals surface area (Å²) in [7, 11) is 0. The predicted octanol–water partition coefficient (Wildman–Crippen LogP) is 0.683. The zero-order valence-electron chi connectivity index (χ0n) is 11.5. The average molecular weight is 269 g/mol. The molecular formula is C13H23N3O3. The summed E-state index contributed by atoms with van der Waals surface area (Å²) in [5.41, 5.74) is 0. The van der Waals surface area contributed by atoms with Gasteiger partial charge in [0.2, 0.25) is 0 Å². The summed E-state index contributed by atoms with van der Waals surface area (Å²) in [4.78, 5) is 28.9. The van der Waals surface area contributed by atoms with Gasteiger partial charge in [0.1, 0.15) is 6.04 Å². The summed E-state index contributed by atoms with van der Waals surface area (Å²) in [6.45, 7) is 5.99. The van der Waals surface area contributed by atoms with E-state index in [1.165, 1.54) is 6.42 Å². The van der Waals surface area contributed by atoms with Gasteiger partial charge >= 0.3 is 12.0 Å². The van der Waals surface area contributed by atoms with Gasteiger partial charge in [-0.05, 0) is 26.2 Å². The van der Waals surface area contributed by atoms with Gasteiger partial charge in [0.05, 0.1) is 0 Å². The molecule has 0 radical (unpaired) electrons. The van der Waals surface area contributed by atoms with Crippen LogP contribution in [0, 0.1) is 0 Å². The number of amides is 2. The lowest BCUT2D eigenvalue weighted by molar-refractivity contribution is -0.143. The van der Waals surface area contributed by atoms with Crippen molar-refractivity contribution in [2.75, 3.05) is 39.3 Å². The van der Waals surface area contributed by atoms with Crippen molar-refractivity contribution in [3.05, 3.63) is 0 Å². The van der Waals surface area contributed by atoms with Crippen LogP contribution in [0.4, 0.5) is 4.79 Å². The van der Waals surface area contributed by atoms with Crippen LogP contribution in [0.5, 0.6) is 0 Å². The third-order valence-electron chi connectivity index (χ3n) is 4.12.